The van der Waals surface area contributed by atoms with Crippen LogP contribution < -0.4 is 15.4 Å². The van der Waals surface area contributed by atoms with Crippen LogP contribution in [-0.4, -0.2) is 24.4 Å². The molecule has 0 fully saturated rings. The zero-order valence-electron chi connectivity index (χ0n) is 22.0. The zero-order chi connectivity index (χ0) is 29.5. The highest BCUT2D eigenvalue weighted by Crippen LogP contribution is 2.34. The van der Waals surface area contributed by atoms with Gasteiger partial charge in [-0.1, -0.05) is 44.5 Å². The number of carbonyl (C=O) groups is 3. The van der Waals surface area contributed by atoms with Crippen molar-refractivity contribution in [3.05, 3.63) is 82.9 Å². The van der Waals surface area contributed by atoms with Crippen molar-refractivity contribution in [1.29, 1.82) is 0 Å². The second kappa shape index (κ2) is 12.9. The molecule has 0 spiro atoms. The molecule has 0 aliphatic heterocycles. The van der Waals surface area contributed by atoms with E-state index >= 15 is 0 Å². The Bertz CT molecular complexity index is 1350. The number of halogens is 4. The first-order valence-corrected chi connectivity index (χ1v) is 12.6. The Morgan fingerprint density at radius 2 is 1.35 bits per heavy atom. The number of anilines is 2. The number of hydrogen-bond donors (Lipinski definition) is 2. The smallest absolute Gasteiger partial charge is 0.416 e. The minimum atomic E-state index is -4.62. The standard InChI is InChI=1S/C29H28ClF3N2O5/c1-28(2,3)18-4-9-21(10-5-18)40-22-11-7-20(8-12-22)34-25(36)14-15-27(38)39-17-26(37)35-24-16-19(29(31,32)33)6-13-23(24)30/h4-13,16H,14-15,17H2,1-3H3,(H,34,36)(H,35,37). The SMILES string of the molecule is CC(C)(C)c1ccc(Oc2ccc(NC(=O)CCC(=O)OCC(=O)Nc3cc(C(F)(F)F)ccc3Cl)cc2)cc1. The molecular formula is C29H28ClF3N2O5. The lowest BCUT2D eigenvalue weighted by Gasteiger charge is -2.19. The van der Waals surface area contributed by atoms with Crippen molar-refractivity contribution in [3.8, 4) is 11.5 Å². The Morgan fingerprint density at radius 3 is 1.93 bits per heavy atom. The van der Waals surface area contributed by atoms with Gasteiger partial charge in [-0.05, 0) is 65.6 Å². The van der Waals surface area contributed by atoms with Crippen molar-refractivity contribution in [2.75, 3.05) is 17.2 Å². The number of ether oxygens (including phenoxy) is 2. The molecule has 0 aliphatic carbocycles. The minimum Gasteiger partial charge on any atom is -0.457 e. The molecule has 3 aromatic rings. The average Bonchev–Trinajstić information content (AvgIpc) is 2.88. The Kier molecular flexibility index (Phi) is 9.81. The molecule has 212 valence electrons. The summed E-state index contributed by atoms with van der Waals surface area (Å²) in [6.07, 6.45) is -5.14. The summed E-state index contributed by atoms with van der Waals surface area (Å²) < 4.78 is 49.2. The molecule has 0 unspecified atom stereocenters. The Labute approximate surface area is 234 Å². The summed E-state index contributed by atoms with van der Waals surface area (Å²) in [5.41, 5.74) is 0.445. The van der Waals surface area contributed by atoms with Crippen molar-refractivity contribution in [1.82, 2.24) is 0 Å². The summed E-state index contributed by atoms with van der Waals surface area (Å²) in [6.45, 7) is 5.62. The van der Waals surface area contributed by atoms with Crippen LogP contribution in [0.1, 0.15) is 44.7 Å². The number of benzene rings is 3. The molecule has 2 N–H and O–H groups in total. The molecule has 0 aromatic heterocycles. The van der Waals surface area contributed by atoms with Gasteiger partial charge in [0.1, 0.15) is 11.5 Å². The lowest BCUT2D eigenvalue weighted by atomic mass is 9.87. The monoisotopic (exact) mass is 576 g/mol. The maximum Gasteiger partial charge on any atom is 0.416 e. The Balaban J connectivity index is 1.40. The first kappa shape index (κ1) is 30.5. The largest absolute Gasteiger partial charge is 0.457 e. The summed E-state index contributed by atoms with van der Waals surface area (Å²) in [6, 6.07) is 16.9. The van der Waals surface area contributed by atoms with Crippen LogP contribution in [0.3, 0.4) is 0 Å². The lowest BCUT2D eigenvalue weighted by molar-refractivity contribution is -0.147. The average molecular weight is 577 g/mol. The maximum atomic E-state index is 12.9. The van der Waals surface area contributed by atoms with Crippen LogP contribution in [0.5, 0.6) is 11.5 Å². The van der Waals surface area contributed by atoms with Crippen LogP contribution >= 0.6 is 11.6 Å². The van der Waals surface area contributed by atoms with E-state index in [1.54, 1.807) is 24.3 Å². The minimum absolute atomic E-state index is 0.0359. The molecule has 0 saturated heterocycles. The maximum absolute atomic E-state index is 12.9. The molecule has 0 bridgehead atoms. The highest BCUT2D eigenvalue weighted by Gasteiger charge is 2.31. The fourth-order valence-corrected chi connectivity index (χ4v) is 3.57. The van der Waals surface area contributed by atoms with E-state index in [0.29, 0.717) is 23.3 Å². The number of alkyl halides is 3. The van der Waals surface area contributed by atoms with Crippen molar-refractivity contribution in [2.45, 2.75) is 45.2 Å². The molecule has 0 radical (unpaired) electrons. The van der Waals surface area contributed by atoms with Crippen LogP contribution in [0, 0.1) is 0 Å². The fourth-order valence-electron chi connectivity index (χ4n) is 3.41. The molecular weight excluding hydrogens is 549 g/mol. The first-order valence-electron chi connectivity index (χ1n) is 12.2. The highest BCUT2D eigenvalue weighted by molar-refractivity contribution is 6.33. The van der Waals surface area contributed by atoms with Crippen molar-refractivity contribution in [3.63, 3.8) is 0 Å². The van der Waals surface area contributed by atoms with E-state index in [0.717, 1.165) is 12.1 Å². The third-order valence-electron chi connectivity index (χ3n) is 5.58. The van der Waals surface area contributed by atoms with Gasteiger partial charge in [0.15, 0.2) is 6.61 Å². The molecule has 0 aliphatic rings. The number of amides is 2. The van der Waals surface area contributed by atoms with Gasteiger partial charge >= 0.3 is 12.1 Å². The molecule has 3 rings (SSSR count). The van der Waals surface area contributed by atoms with Crippen LogP contribution in [0.4, 0.5) is 24.5 Å². The van der Waals surface area contributed by atoms with E-state index in [1.165, 1.54) is 5.56 Å². The van der Waals surface area contributed by atoms with E-state index in [2.05, 4.69) is 31.4 Å². The fraction of sp³-hybridized carbons (Fsp3) is 0.276. The molecule has 2 amide bonds. The van der Waals surface area contributed by atoms with Gasteiger partial charge in [0.25, 0.3) is 5.91 Å². The highest BCUT2D eigenvalue weighted by atomic mass is 35.5. The van der Waals surface area contributed by atoms with Gasteiger partial charge in [-0.2, -0.15) is 13.2 Å². The van der Waals surface area contributed by atoms with E-state index in [1.807, 2.05) is 24.3 Å². The molecule has 40 heavy (non-hydrogen) atoms. The second-order valence-electron chi connectivity index (χ2n) is 9.85. The topological polar surface area (TPSA) is 93.7 Å². The van der Waals surface area contributed by atoms with Crippen molar-refractivity contribution in [2.24, 2.45) is 0 Å². The van der Waals surface area contributed by atoms with Crippen LogP contribution in [0.15, 0.2) is 66.7 Å². The predicted octanol–water partition coefficient (Wildman–Crippen LogP) is 7.35. The first-order chi connectivity index (χ1) is 18.7. The molecule has 3 aromatic carbocycles. The number of esters is 1. The van der Waals surface area contributed by atoms with Gasteiger partial charge in [0.2, 0.25) is 5.91 Å². The third kappa shape index (κ3) is 9.30. The normalized spacial score (nSPS) is 11.5. The number of nitrogens with one attached hydrogen (secondary N) is 2. The zero-order valence-corrected chi connectivity index (χ0v) is 22.8. The second-order valence-corrected chi connectivity index (χ2v) is 10.3. The van der Waals surface area contributed by atoms with Crippen molar-refractivity contribution >= 4 is 40.8 Å². The van der Waals surface area contributed by atoms with E-state index in [9.17, 15) is 27.6 Å². The quantitative estimate of drug-likeness (QED) is 0.260. The lowest BCUT2D eigenvalue weighted by Crippen LogP contribution is -2.22. The molecule has 0 heterocycles. The number of rotatable bonds is 9. The molecule has 0 saturated carbocycles. The number of carbonyl (C=O) groups excluding carboxylic acids is 3. The van der Waals surface area contributed by atoms with Gasteiger partial charge in [0.05, 0.1) is 22.7 Å². The molecule has 11 heteroatoms. The Morgan fingerprint density at radius 1 is 0.775 bits per heavy atom. The summed E-state index contributed by atoms with van der Waals surface area (Å²) in [5, 5.41) is 4.70. The van der Waals surface area contributed by atoms with Crippen molar-refractivity contribution < 1.29 is 37.0 Å². The number of hydrogen-bond acceptors (Lipinski definition) is 5. The summed E-state index contributed by atoms with van der Waals surface area (Å²) in [5.74, 6) is -0.915. The van der Waals surface area contributed by atoms with Crippen LogP contribution in [0.25, 0.3) is 0 Å². The van der Waals surface area contributed by atoms with Crippen LogP contribution in [-0.2, 0) is 30.7 Å². The van der Waals surface area contributed by atoms with Gasteiger partial charge in [-0.25, -0.2) is 0 Å². The van der Waals surface area contributed by atoms with Gasteiger partial charge in [-0.3, -0.25) is 14.4 Å². The molecule has 0 atom stereocenters. The van der Waals surface area contributed by atoms with Gasteiger partial charge < -0.3 is 20.1 Å². The van der Waals surface area contributed by atoms with E-state index in [-0.39, 0.29) is 29.0 Å². The van der Waals surface area contributed by atoms with E-state index < -0.39 is 36.1 Å². The summed E-state index contributed by atoms with van der Waals surface area (Å²) in [4.78, 5) is 36.1. The summed E-state index contributed by atoms with van der Waals surface area (Å²) >= 11 is 5.83. The predicted molar refractivity (Wildman–Crippen MR) is 146 cm³/mol. The molecule has 7 nitrogen and oxygen atoms in total. The Hall–Kier alpha value is -4.05. The van der Waals surface area contributed by atoms with Gasteiger partial charge in [-0.15, -0.1) is 0 Å². The summed E-state index contributed by atoms with van der Waals surface area (Å²) in [7, 11) is 0. The third-order valence-corrected chi connectivity index (χ3v) is 5.91. The van der Waals surface area contributed by atoms with Crippen LogP contribution in [0.2, 0.25) is 5.02 Å². The van der Waals surface area contributed by atoms with Gasteiger partial charge in [0, 0.05) is 12.1 Å². The van der Waals surface area contributed by atoms with E-state index in [4.69, 9.17) is 21.1 Å².